The van der Waals surface area contributed by atoms with E-state index in [2.05, 4.69) is 15.9 Å². The molecule has 0 unspecified atom stereocenters. The molecule has 1 heterocycles. The summed E-state index contributed by atoms with van der Waals surface area (Å²) in [5.74, 6) is 0.232. The summed E-state index contributed by atoms with van der Waals surface area (Å²) in [4.78, 5) is 11.2. The molecule has 1 fully saturated rings. The second kappa shape index (κ2) is 5.40. The Morgan fingerprint density at radius 2 is 1.94 bits per heavy atom. The van der Waals surface area contributed by atoms with E-state index in [0.29, 0.717) is 29.9 Å². The summed E-state index contributed by atoms with van der Waals surface area (Å²) in [6.45, 7) is 0. The lowest BCUT2D eigenvalue weighted by Crippen LogP contribution is -2.39. The van der Waals surface area contributed by atoms with Gasteiger partial charge in [-0.1, -0.05) is 0 Å². The first kappa shape index (κ1) is 14.2. The molecule has 0 amide bonds. The number of hydrogen-bond acceptors (Lipinski definition) is 4. The van der Waals surface area contributed by atoms with Gasteiger partial charge >= 0.3 is 0 Å². The molecule has 0 spiro atoms. The fourth-order valence-electron chi connectivity index (χ4n) is 2.06. The predicted molar refractivity (Wildman–Crippen MR) is 74.2 cm³/mol. The third-order valence-electron chi connectivity index (χ3n) is 3.21. The number of ketones is 1. The van der Waals surface area contributed by atoms with Gasteiger partial charge in [0.05, 0.1) is 3.79 Å². The quantitative estimate of drug-likeness (QED) is 0.840. The zero-order valence-electron chi connectivity index (χ0n) is 9.93. The van der Waals surface area contributed by atoms with Crippen molar-refractivity contribution < 1.29 is 13.2 Å². The van der Waals surface area contributed by atoms with Crippen LogP contribution in [-0.2, 0) is 14.8 Å². The summed E-state index contributed by atoms with van der Waals surface area (Å²) in [5, 5.41) is 0. The van der Waals surface area contributed by atoms with Crippen LogP contribution in [0.2, 0.25) is 0 Å². The van der Waals surface area contributed by atoms with Crippen LogP contribution in [0.5, 0.6) is 0 Å². The number of thiophene rings is 1. The molecule has 0 aromatic carbocycles. The summed E-state index contributed by atoms with van der Waals surface area (Å²) < 4.78 is 27.3. The number of carbonyl (C=O) groups is 1. The highest BCUT2D eigenvalue weighted by Crippen LogP contribution is 2.31. The van der Waals surface area contributed by atoms with Crippen molar-refractivity contribution in [3.63, 3.8) is 0 Å². The second-order valence-electron chi connectivity index (χ2n) is 4.35. The van der Waals surface area contributed by atoms with Gasteiger partial charge in [0.25, 0.3) is 10.0 Å². The Hall–Kier alpha value is -0.240. The summed E-state index contributed by atoms with van der Waals surface area (Å²) in [6.07, 6.45) is 2.22. The van der Waals surface area contributed by atoms with Crippen molar-refractivity contribution in [3.05, 3.63) is 15.9 Å². The van der Waals surface area contributed by atoms with Gasteiger partial charge in [0.1, 0.15) is 9.99 Å². The molecule has 2 rings (SSSR count). The van der Waals surface area contributed by atoms with Crippen LogP contribution in [0, 0.1) is 0 Å². The molecule has 7 heteroatoms. The average molecular weight is 352 g/mol. The Morgan fingerprint density at radius 1 is 1.33 bits per heavy atom. The van der Waals surface area contributed by atoms with E-state index in [9.17, 15) is 13.2 Å². The van der Waals surface area contributed by atoms with Crippen LogP contribution in [0.1, 0.15) is 25.7 Å². The minimum Gasteiger partial charge on any atom is -0.300 e. The van der Waals surface area contributed by atoms with Gasteiger partial charge in [0.2, 0.25) is 0 Å². The summed E-state index contributed by atoms with van der Waals surface area (Å²) in [6, 6.07) is 3.28. The summed E-state index contributed by atoms with van der Waals surface area (Å²) in [5.41, 5.74) is 0. The summed E-state index contributed by atoms with van der Waals surface area (Å²) in [7, 11) is -1.82. The highest BCUT2D eigenvalue weighted by atomic mass is 79.9. The number of halogens is 1. The number of sulfonamides is 1. The molecule has 1 aromatic heterocycles. The van der Waals surface area contributed by atoms with Crippen LogP contribution in [0.4, 0.5) is 0 Å². The molecule has 4 nitrogen and oxygen atoms in total. The van der Waals surface area contributed by atoms with Gasteiger partial charge in [-0.25, -0.2) is 8.42 Å². The first-order valence-electron chi connectivity index (χ1n) is 5.66. The maximum atomic E-state index is 12.4. The molecule has 0 atom stereocenters. The van der Waals surface area contributed by atoms with Crippen LogP contribution < -0.4 is 0 Å². The van der Waals surface area contributed by atoms with Crippen LogP contribution in [0.3, 0.4) is 0 Å². The molecule has 0 radical (unpaired) electrons. The van der Waals surface area contributed by atoms with Crippen LogP contribution in [0.15, 0.2) is 20.1 Å². The van der Waals surface area contributed by atoms with Crippen molar-refractivity contribution in [3.8, 4) is 0 Å². The van der Waals surface area contributed by atoms with Crippen molar-refractivity contribution in [2.24, 2.45) is 0 Å². The fraction of sp³-hybridized carbons (Fsp3) is 0.545. The molecule has 0 saturated heterocycles. The number of nitrogens with zero attached hydrogens (tertiary/aromatic N) is 1. The lowest BCUT2D eigenvalue weighted by molar-refractivity contribution is -0.120. The molecular weight excluding hydrogens is 338 g/mol. The highest BCUT2D eigenvalue weighted by Gasteiger charge is 2.31. The number of carbonyl (C=O) groups excluding carboxylic acids is 1. The van der Waals surface area contributed by atoms with Crippen molar-refractivity contribution in [2.45, 2.75) is 35.9 Å². The van der Waals surface area contributed by atoms with E-state index in [-0.39, 0.29) is 11.8 Å². The topological polar surface area (TPSA) is 54.5 Å². The van der Waals surface area contributed by atoms with E-state index in [1.165, 1.54) is 15.6 Å². The van der Waals surface area contributed by atoms with Crippen molar-refractivity contribution in [2.75, 3.05) is 7.05 Å². The van der Waals surface area contributed by atoms with Gasteiger partial charge in [-0.2, -0.15) is 4.31 Å². The van der Waals surface area contributed by atoms with Gasteiger partial charge < -0.3 is 0 Å². The van der Waals surface area contributed by atoms with Crippen LogP contribution in [0.25, 0.3) is 0 Å². The average Bonchev–Trinajstić information content (AvgIpc) is 2.76. The highest BCUT2D eigenvalue weighted by molar-refractivity contribution is 9.11. The molecule has 1 saturated carbocycles. The van der Waals surface area contributed by atoms with Gasteiger partial charge in [-0.3, -0.25) is 4.79 Å². The third kappa shape index (κ3) is 2.84. The number of Topliss-reactive ketones (excluding diaryl/α,β-unsaturated/α-hetero) is 1. The Labute approximate surface area is 119 Å². The molecule has 1 aliphatic carbocycles. The number of rotatable bonds is 3. The molecule has 18 heavy (non-hydrogen) atoms. The Bertz CT molecular complexity index is 542. The van der Waals surface area contributed by atoms with Gasteiger partial charge in [0.15, 0.2) is 0 Å². The normalized spacial score (nSPS) is 18.5. The number of hydrogen-bond donors (Lipinski definition) is 0. The van der Waals surface area contributed by atoms with Crippen molar-refractivity contribution >= 4 is 43.1 Å². The standard InChI is InChI=1S/C11H14BrNO3S2/c1-13(8-2-4-9(14)5-3-8)18(15,16)11-7-6-10(12)17-11/h6-8H,2-5H2,1H3. The Morgan fingerprint density at radius 3 is 2.44 bits per heavy atom. The van der Waals surface area contributed by atoms with E-state index in [4.69, 9.17) is 0 Å². The second-order valence-corrected chi connectivity index (χ2v) is 9.04. The molecule has 100 valence electrons. The first-order valence-corrected chi connectivity index (χ1v) is 8.71. The monoisotopic (exact) mass is 351 g/mol. The zero-order chi connectivity index (χ0) is 13.3. The van der Waals surface area contributed by atoms with E-state index in [1.54, 1.807) is 19.2 Å². The molecule has 0 N–H and O–H groups in total. The maximum Gasteiger partial charge on any atom is 0.252 e. The summed E-state index contributed by atoms with van der Waals surface area (Å²) >= 11 is 4.48. The van der Waals surface area contributed by atoms with E-state index in [1.807, 2.05) is 0 Å². The fourth-order valence-corrected chi connectivity index (χ4v) is 5.67. The first-order chi connectivity index (χ1) is 8.41. The van der Waals surface area contributed by atoms with Gasteiger partial charge in [-0.15, -0.1) is 11.3 Å². The van der Waals surface area contributed by atoms with E-state index >= 15 is 0 Å². The Kier molecular flexibility index (Phi) is 4.25. The minimum absolute atomic E-state index is 0.0615. The maximum absolute atomic E-state index is 12.4. The Balaban J connectivity index is 2.17. The molecule has 1 aromatic rings. The van der Waals surface area contributed by atoms with Crippen molar-refractivity contribution in [1.82, 2.24) is 4.31 Å². The lowest BCUT2D eigenvalue weighted by atomic mass is 9.95. The van der Waals surface area contributed by atoms with Gasteiger partial charge in [0, 0.05) is 25.9 Å². The smallest absolute Gasteiger partial charge is 0.252 e. The van der Waals surface area contributed by atoms with E-state index < -0.39 is 10.0 Å². The molecule has 0 bridgehead atoms. The third-order valence-corrected chi connectivity index (χ3v) is 7.21. The zero-order valence-corrected chi connectivity index (χ0v) is 13.1. The largest absolute Gasteiger partial charge is 0.300 e. The van der Waals surface area contributed by atoms with Crippen LogP contribution in [-0.4, -0.2) is 31.6 Å². The van der Waals surface area contributed by atoms with Crippen molar-refractivity contribution in [1.29, 1.82) is 0 Å². The predicted octanol–water partition coefficient (Wildman–Crippen LogP) is 2.64. The van der Waals surface area contributed by atoms with E-state index in [0.717, 1.165) is 3.79 Å². The minimum atomic E-state index is -3.42. The molecule has 0 aliphatic heterocycles. The SMILES string of the molecule is CN(C1CCC(=O)CC1)S(=O)(=O)c1ccc(Br)s1. The molecule has 1 aliphatic rings. The molecular formula is C11H14BrNO3S2. The lowest BCUT2D eigenvalue weighted by Gasteiger charge is -2.29. The van der Waals surface area contributed by atoms with Gasteiger partial charge in [-0.05, 0) is 40.9 Å². The van der Waals surface area contributed by atoms with Crippen LogP contribution >= 0.6 is 27.3 Å².